The van der Waals surface area contributed by atoms with E-state index in [9.17, 15) is 0 Å². The molecule has 1 rings (SSSR count). The minimum Gasteiger partial charge on any atom is -0.314 e. The van der Waals surface area contributed by atoms with Crippen LogP contribution in [0.5, 0.6) is 0 Å². The van der Waals surface area contributed by atoms with Crippen molar-refractivity contribution in [2.24, 2.45) is 5.92 Å². The largest absolute Gasteiger partial charge is 0.314 e. The van der Waals surface area contributed by atoms with E-state index >= 15 is 0 Å². The Labute approximate surface area is 82.6 Å². The molecule has 0 aliphatic heterocycles. The van der Waals surface area contributed by atoms with Crippen LogP contribution in [0, 0.1) is 5.92 Å². The van der Waals surface area contributed by atoms with E-state index in [2.05, 4.69) is 32.2 Å². The topological polar surface area (TPSA) is 12.0 Å². The van der Waals surface area contributed by atoms with Crippen LogP contribution >= 0.6 is 0 Å². The number of allylic oxidation sites excluding steroid dienone is 1. The molecule has 0 saturated carbocycles. The van der Waals surface area contributed by atoms with Crippen LogP contribution in [0.3, 0.4) is 0 Å². The molecule has 76 valence electrons. The molecular weight excluding hydrogens is 158 g/mol. The van der Waals surface area contributed by atoms with Crippen LogP contribution in [0.4, 0.5) is 0 Å². The molecule has 0 fully saturated rings. The van der Waals surface area contributed by atoms with E-state index in [1.165, 1.54) is 25.7 Å². The lowest BCUT2D eigenvalue weighted by atomic mass is 10.1. The molecule has 0 saturated heterocycles. The molecule has 1 nitrogen and oxygen atoms in total. The minimum atomic E-state index is 0.655. The van der Waals surface area contributed by atoms with Gasteiger partial charge in [-0.05, 0) is 45.1 Å². The molecule has 0 spiro atoms. The van der Waals surface area contributed by atoms with Crippen molar-refractivity contribution < 1.29 is 0 Å². The van der Waals surface area contributed by atoms with Gasteiger partial charge in [-0.25, -0.2) is 0 Å². The van der Waals surface area contributed by atoms with Crippen LogP contribution in [0.15, 0.2) is 11.6 Å². The summed E-state index contributed by atoms with van der Waals surface area (Å²) >= 11 is 0. The second-order valence-corrected chi connectivity index (χ2v) is 4.49. The van der Waals surface area contributed by atoms with Gasteiger partial charge in [0.15, 0.2) is 0 Å². The summed E-state index contributed by atoms with van der Waals surface area (Å²) in [4.78, 5) is 0. The summed E-state index contributed by atoms with van der Waals surface area (Å²) < 4.78 is 0. The summed E-state index contributed by atoms with van der Waals surface area (Å²) in [5, 5.41) is 3.57. The molecule has 1 heteroatoms. The fraction of sp³-hybridized carbons (Fsp3) is 0.833. The molecule has 1 aliphatic rings. The van der Waals surface area contributed by atoms with Gasteiger partial charge in [-0.2, -0.15) is 0 Å². The van der Waals surface area contributed by atoms with Crippen LogP contribution in [0.1, 0.15) is 46.5 Å². The van der Waals surface area contributed by atoms with Crippen molar-refractivity contribution in [3.05, 3.63) is 11.6 Å². The Hall–Kier alpha value is -0.300. The highest BCUT2D eigenvalue weighted by Gasteiger charge is 2.07. The Morgan fingerprint density at radius 3 is 2.69 bits per heavy atom. The lowest BCUT2D eigenvalue weighted by Gasteiger charge is -2.17. The van der Waals surface area contributed by atoms with Crippen LogP contribution in [-0.4, -0.2) is 12.6 Å². The Morgan fingerprint density at radius 1 is 1.38 bits per heavy atom. The summed E-state index contributed by atoms with van der Waals surface area (Å²) in [6.07, 6.45) is 7.72. The summed E-state index contributed by atoms with van der Waals surface area (Å²) in [6, 6.07) is 0.655. The second-order valence-electron chi connectivity index (χ2n) is 4.49. The third kappa shape index (κ3) is 3.95. The van der Waals surface area contributed by atoms with Crippen molar-refractivity contribution in [2.45, 2.75) is 52.5 Å². The number of nitrogens with one attached hydrogen (secondary N) is 1. The Kier molecular flexibility index (Phi) is 4.51. The molecule has 1 aliphatic carbocycles. The van der Waals surface area contributed by atoms with Gasteiger partial charge in [0.2, 0.25) is 0 Å². The zero-order valence-corrected chi connectivity index (χ0v) is 9.27. The zero-order chi connectivity index (χ0) is 9.68. The Balaban J connectivity index is 2.06. The summed E-state index contributed by atoms with van der Waals surface area (Å²) in [6.45, 7) is 7.97. The highest BCUT2D eigenvalue weighted by Crippen LogP contribution is 2.19. The molecule has 0 aromatic heterocycles. The molecule has 1 N–H and O–H groups in total. The third-order valence-corrected chi connectivity index (χ3v) is 3.05. The van der Waals surface area contributed by atoms with E-state index in [4.69, 9.17) is 0 Å². The maximum absolute atomic E-state index is 3.57. The van der Waals surface area contributed by atoms with Crippen molar-refractivity contribution in [3.63, 3.8) is 0 Å². The first-order chi connectivity index (χ1) is 6.20. The maximum atomic E-state index is 3.57. The normalized spacial score (nSPS) is 19.2. The van der Waals surface area contributed by atoms with Gasteiger partial charge in [0.25, 0.3) is 0 Å². The molecule has 0 bridgehead atoms. The molecule has 13 heavy (non-hydrogen) atoms. The van der Waals surface area contributed by atoms with Gasteiger partial charge < -0.3 is 5.32 Å². The lowest BCUT2D eigenvalue weighted by molar-refractivity contribution is 0.429. The van der Waals surface area contributed by atoms with Crippen LogP contribution in [0.25, 0.3) is 0 Å². The minimum absolute atomic E-state index is 0.655. The van der Waals surface area contributed by atoms with Crippen molar-refractivity contribution in [1.82, 2.24) is 5.32 Å². The van der Waals surface area contributed by atoms with Crippen molar-refractivity contribution in [1.29, 1.82) is 0 Å². The number of hydrogen-bond donors (Lipinski definition) is 1. The average Bonchev–Trinajstić information content (AvgIpc) is 2.56. The van der Waals surface area contributed by atoms with Gasteiger partial charge in [0.05, 0.1) is 0 Å². The molecule has 0 radical (unpaired) electrons. The van der Waals surface area contributed by atoms with Gasteiger partial charge in [-0.3, -0.25) is 0 Å². The average molecular weight is 181 g/mol. The monoisotopic (exact) mass is 181 g/mol. The van der Waals surface area contributed by atoms with E-state index in [0.717, 1.165) is 12.5 Å². The first-order valence-electron chi connectivity index (χ1n) is 5.61. The van der Waals surface area contributed by atoms with Gasteiger partial charge in [0.1, 0.15) is 0 Å². The van der Waals surface area contributed by atoms with Crippen molar-refractivity contribution >= 4 is 0 Å². The first-order valence-corrected chi connectivity index (χ1v) is 5.61. The van der Waals surface area contributed by atoms with Gasteiger partial charge in [-0.15, -0.1) is 0 Å². The van der Waals surface area contributed by atoms with E-state index < -0.39 is 0 Å². The van der Waals surface area contributed by atoms with Crippen LogP contribution in [0.2, 0.25) is 0 Å². The first kappa shape index (κ1) is 10.8. The highest BCUT2D eigenvalue weighted by molar-refractivity contribution is 5.07. The highest BCUT2D eigenvalue weighted by atomic mass is 14.9. The molecule has 0 aromatic rings. The van der Waals surface area contributed by atoms with E-state index in [1.807, 2.05) is 0 Å². The maximum Gasteiger partial charge on any atom is 0.00618 e. The van der Waals surface area contributed by atoms with Crippen molar-refractivity contribution in [3.8, 4) is 0 Å². The van der Waals surface area contributed by atoms with Gasteiger partial charge >= 0.3 is 0 Å². The standard InChI is InChI=1S/C12H23N/c1-10(2)11(3)13-9-8-12-6-4-5-7-12/h6,10-11,13H,4-5,7-9H2,1-3H3. The SMILES string of the molecule is CC(C)C(C)NCCC1=CCCC1. The fourth-order valence-corrected chi connectivity index (χ4v) is 1.66. The zero-order valence-electron chi connectivity index (χ0n) is 9.27. The Morgan fingerprint density at radius 2 is 2.15 bits per heavy atom. The van der Waals surface area contributed by atoms with Crippen LogP contribution < -0.4 is 5.32 Å². The molecule has 0 heterocycles. The van der Waals surface area contributed by atoms with E-state index in [1.54, 1.807) is 5.57 Å². The van der Waals surface area contributed by atoms with Gasteiger partial charge in [0, 0.05) is 6.04 Å². The predicted octanol–water partition coefficient (Wildman–Crippen LogP) is 3.12. The molecule has 0 aromatic carbocycles. The number of rotatable bonds is 5. The van der Waals surface area contributed by atoms with E-state index in [0.29, 0.717) is 6.04 Å². The van der Waals surface area contributed by atoms with Crippen molar-refractivity contribution in [2.75, 3.05) is 6.54 Å². The fourth-order valence-electron chi connectivity index (χ4n) is 1.66. The summed E-state index contributed by atoms with van der Waals surface area (Å²) in [7, 11) is 0. The predicted molar refractivity (Wildman–Crippen MR) is 58.9 cm³/mol. The third-order valence-electron chi connectivity index (χ3n) is 3.05. The number of hydrogen-bond acceptors (Lipinski definition) is 1. The molecular formula is C12H23N. The second kappa shape index (κ2) is 5.43. The Bertz CT molecular complexity index is 170. The molecule has 0 amide bonds. The van der Waals surface area contributed by atoms with Crippen LogP contribution in [-0.2, 0) is 0 Å². The molecule has 1 unspecified atom stereocenters. The van der Waals surface area contributed by atoms with Gasteiger partial charge in [-0.1, -0.05) is 25.5 Å². The lowest BCUT2D eigenvalue weighted by Crippen LogP contribution is -2.31. The molecule has 1 atom stereocenters. The summed E-state index contributed by atoms with van der Waals surface area (Å²) in [5.41, 5.74) is 1.67. The smallest absolute Gasteiger partial charge is 0.00618 e. The van der Waals surface area contributed by atoms with E-state index in [-0.39, 0.29) is 0 Å². The quantitative estimate of drug-likeness (QED) is 0.643. The summed E-state index contributed by atoms with van der Waals surface area (Å²) in [5.74, 6) is 0.748.